The van der Waals surface area contributed by atoms with E-state index in [-0.39, 0.29) is 18.2 Å². The number of sulfonamides is 1. The third-order valence-electron chi connectivity index (χ3n) is 1.60. The molecule has 0 unspecified atom stereocenters. The van der Waals surface area contributed by atoms with E-state index in [1.165, 1.54) is 19.4 Å². The number of hydrogen-bond acceptors (Lipinski definition) is 5. The van der Waals surface area contributed by atoms with Crippen molar-refractivity contribution in [1.29, 1.82) is 0 Å². The lowest BCUT2D eigenvalue weighted by Gasteiger charge is -2.06. The molecule has 3 N–H and O–H groups in total. The van der Waals surface area contributed by atoms with Gasteiger partial charge in [-0.25, -0.2) is 13.4 Å². The molecular formula is C8H13N3O3S. The minimum atomic E-state index is -3.39. The van der Waals surface area contributed by atoms with Gasteiger partial charge in [-0.05, 0) is 12.1 Å². The summed E-state index contributed by atoms with van der Waals surface area (Å²) in [5.74, 6) is 0.149. The molecule has 0 aliphatic carbocycles. The van der Waals surface area contributed by atoms with Gasteiger partial charge in [-0.15, -0.1) is 0 Å². The first-order valence-electron chi connectivity index (χ1n) is 4.24. The number of pyridine rings is 1. The lowest BCUT2D eigenvalue weighted by Crippen LogP contribution is -2.20. The molecule has 0 amide bonds. The second kappa shape index (κ2) is 4.94. The van der Waals surface area contributed by atoms with Gasteiger partial charge < -0.3 is 10.5 Å². The summed E-state index contributed by atoms with van der Waals surface area (Å²) in [6.07, 6.45) is 1.38. The van der Waals surface area contributed by atoms with Crippen molar-refractivity contribution in [3.05, 3.63) is 18.3 Å². The predicted molar refractivity (Wildman–Crippen MR) is 57.9 cm³/mol. The SMILES string of the molecule is COCCS(=O)(=O)Nc1ccc(N)cn1. The minimum Gasteiger partial charge on any atom is -0.397 e. The molecule has 7 heteroatoms. The van der Waals surface area contributed by atoms with E-state index in [1.54, 1.807) is 6.07 Å². The Labute approximate surface area is 88.5 Å². The Bertz CT molecular complexity index is 402. The Balaban J connectivity index is 2.65. The molecule has 84 valence electrons. The van der Waals surface area contributed by atoms with Crippen molar-refractivity contribution in [2.45, 2.75) is 0 Å². The molecule has 0 atom stereocenters. The molecule has 1 heterocycles. The number of nitrogens with zero attached hydrogens (tertiary/aromatic N) is 1. The summed E-state index contributed by atoms with van der Waals surface area (Å²) in [5.41, 5.74) is 5.89. The third kappa shape index (κ3) is 4.13. The standard InChI is InChI=1S/C8H13N3O3S/c1-14-4-5-15(12,13)11-8-3-2-7(9)6-10-8/h2-3,6H,4-5,9H2,1H3,(H,10,11). The molecule has 0 saturated heterocycles. The molecule has 0 aliphatic rings. The molecule has 0 aliphatic heterocycles. The van der Waals surface area contributed by atoms with Crippen LogP contribution in [0, 0.1) is 0 Å². The van der Waals surface area contributed by atoms with Crippen LogP contribution in [0.15, 0.2) is 18.3 Å². The maximum Gasteiger partial charge on any atom is 0.236 e. The Morgan fingerprint density at radius 1 is 1.53 bits per heavy atom. The van der Waals surface area contributed by atoms with Gasteiger partial charge in [-0.2, -0.15) is 0 Å². The van der Waals surface area contributed by atoms with Crippen LogP contribution in [0.3, 0.4) is 0 Å². The zero-order valence-electron chi connectivity index (χ0n) is 8.30. The Hall–Kier alpha value is -1.34. The number of rotatable bonds is 5. The zero-order valence-corrected chi connectivity index (χ0v) is 9.12. The highest BCUT2D eigenvalue weighted by atomic mass is 32.2. The fraction of sp³-hybridized carbons (Fsp3) is 0.375. The first-order chi connectivity index (χ1) is 7.03. The van der Waals surface area contributed by atoms with Gasteiger partial charge in [0.15, 0.2) is 0 Å². The summed E-state index contributed by atoms with van der Waals surface area (Å²) < 4.78 is 29.7. The van der Waals surface area contributed by atoms with Gasteiger partial charge >= 0.3 is 0 Å². The number of nitrogens with one attached hydrogen (secondary N) is 1. The first kappa shape index (κ1) is 11.7. The fourth-order valence-electron chi connectivity index (χ4n) is 0.869. The second-order valence-electron chi connectivity index (χ2n) is 2.89. The monoisotopic (exact) mass is 231 g/mol. The van der Waals surface area contributed by atoms with Gasteiger partial charge in [0, 0.05) is 7.11 Å². The van der Waals surface area contributed by atoms with Crippen molar-refractivity contribution in [1.82, 2.24) is 4.98 Å². The fourth-order valence-corrected chi connectivity index (χ4v) is 1.80. The summed E-state index contributed by atoms with van der Waals surface area (Å²) in [6.45, 7) is 0.143. The van der Waals surface area contributed by atoms with Gasteiger partial charge in [0.05, 0.1) is 24.2 Å². The van der Waals surface area contributed by atoms with Gasteiger partial charge in [0.1, 0.15) is 5.82 Å². The van der Waals surface area contributed by atoms with E-state index in [0.717, 1.165) is 0 Å². The lowest BCUT2D eigenvalue weighted by molar-refractivity contribution is 0.217. The molecule has 1 aromatic rings. The normalized spacial score (nSPS) is 11.3. The van der Waals surface area contributed by atoms with Crippen molar-refractivity contribution >= 4 is 21.5 Å². The summed E-state index contributed by atoms with van der Waals surface area (Å²) in [7, 11) is -1.95. The minimum absolute atomic E-state index is 0.102. The van der Waals surface area contributed by atoms with Crippen molar-refractivity contribution < 1.29 is 13.2 Å². The highest BCUT2D eigenvalue weighted by molar-refractivity contribution is 7.92. The van der Waals surface area contributed by atoms with Gasteiger partial charge in [0.2, 0.25) is 10.0 Å². The van der Waals surface area contributed by atoms with E-state index in [1.807, 2.05) is 0 Å². The quantitative estimate of drug-likeness (QED) is 0.746. The van der Waals surface area contributed by atoms with E-state index in [4.69, 9.17) is 5.73 Å². The zero-order chi connectivity index (χ0) is 11.3. The van der Waals surface area contributed by atoms with E-state index in [9.17, 15) is 8.42 Å². The smallest absolute Gasteiger partial charge is 0.236 e. The number of methoxy groups -OCH3 is 1. The topological polar surface area (TPSA) is 94.3 Å². The lowest BCUT2D eigenvalue weighted by atomic mass is 10.4. The van der Waals surface area contributed by atoms with Crippen LogP contribution >= 0.6 is 0 Å². The van der Waals surface area contributed by atoms with Gasteiger partial charge in [0.25, 0.3) is 0 Å². The predicted octanol–water partition coefficient (Wildman–Crippen LogP) is 0.0519. The van der Waals surface area contributed by atoms with Crippen molar-refractivity contribution in [2.75, 3.05) is 29.9 Å². The Kier molecular flexibility index (Phi) is 3.87. The van der Waals surface area contributed by atoms with Crippen LogP contribution in [0.25, 0.3) is 0 Å². The molecule has 0 aromatic carbocycles. The molecule has 1 rings (SSSR count). The van der Waals surface area contributed by atoms with Crippen LogP contribution in [0.2, 0.25) is 0 Å². The second-order valence-corrected chi connectivity index (χ2v) is 4.73. The molecule has 1 aromatic heterocycles. The number of hydrogen-bond donors (Lipinski definition) is 2. The molecule has 0 radical (unpaired) electrons. The molecule has 0 fully saturated rings. The largest absolute Gasteiger partial charge is 0.397 e. The summed E-state index contributed by atoms with van der Waals surface area (Å²) in [5, 5.41) is 0. The first-order valence-corrected chi connectivity index (χ1v) is 5.90. The molecule has 0 bridgehead atoms. The van der Waals surface area contributed by atoms with Crippen LogP contribution in [0.1, 0.15) is 0 Å². The van der Waals surface area contributed by atoms with E-state index < -0.39 is 10.0 Å². The van der Waals surface area contributed by atoms with Crippen molar-refractivity contribution in [3.63, 3.8) is 0 Å². The number of ether oxygens (including phenoxy) is 1. The van der Waals surface area contributed by atoms with Crippen molar-refractivity contribution in [2.24, 2.45) is 0 Å². The molecule has 0 spiro atoms. The Morgan fingerprint density at radius 2 is 2.27 bits per heavy atom. The van der Waals surface area contributed by atoms with Crippen LogP contribution < -0.4 is 10.5 Å². The maximum atomic E-state index is 11.4. The maximum absolute atomic E-state index is 11.4. The molecule has 15 heavy (non-hydrogen) atoms. The van der Waals surface area contributed by atoms with E-state index in [2.05, 4.69) is 14.4 Å². The summed E-state index contributed by atoms with van der Waals surface area (Å²) in [4.78, 5) is 3.82. The van der Waals surface area contributed by atoms with Gasteiger partial charge in [-0.3, -0.25) is 4.72 Å². The molecule has 0 saturated carbocycles. The van der Waals surface area contributed by atoms with E-state index >= 15 is 0 Å². The van der Waals surface area contributed by atoms with Crippen LogP contribution in [0.5, 0.6) is 0 Å². The van der Waals surface area contributed by atoms with Gasteiger partial charge in [-0.1, -0.05) is 0 Å². The number of aromatic nitrogens is 1. The van der Waals surface area contributed by atoms with E-state index in [0.29, 0.717) is 5.69 Å². The summed E-state index contributed by atoms with van der Waals surface area (Å²) >= 11 is 0. The van der Waals surface area contributed by atoms with Crippen LogP contribution in [0.4, 0.5) is 11.5 Å². The number of anilines is 2. The molecule has 6 nitrogen and oxygen atoms in total. The van der Waals surface area contributed by atoms with Crippen LogP contribution in [-0.2, 0) is 14.8 Å². The van der Waals surface area contributed by atoms with Crippen molar-refractivity contribution in [3.8, 4) is 0 Å². The highest BCUT2D eigenvalue weighted by Crippen LogP contribution is 2.07. The number of nitrogen functional groups attached to an aromatic ring is 1. The molecular weight excluding hydrogens is 218 g/mol. The number of nitrogens with two attached hydrogens (primary N) is 1. The third-order valence-corrected chi connectivity index (χ3v) is 2.83. The average molecular weight is 231 g/mol. The Morgan fingerprint density at radius 3 is 2.80 bits per heavy atom. The average Bonchev–Trinajstić information content (AvgIpc) is 2.18. The highest BCUT2D eigenvalue weighted by Gasteiger charge is 2.10. The van der Waals surface area contributed by atoms with Crippen LogP contribution in [-0.4, -0.2) is 32.9 Å². The summed E-state index contributed by atoms with van der Waals surface area (Å²) in [6, 6.07) is 3.07.